The van der Waals surface area contributed by atoms with Gasteiger partial charge in [0.25, 0.3) is 0 Å². The van der Waals surface area contributed by atoms with Gasteiger partial charge in [-0.1, -0.05) is 0 Å². The Hall–Kier alpha value is -2.01. The lowest BCUT2D eigenvalue weighted by Gasteiger charge is -2.14. The minimum Gasteiger partial charge on any atom is -0.385 e. The Morgan fingerprint density at radius 2 is 2.00 bits per heavy atom. The van der Waals surface area contributed by atoms with Crippen LogP contribution in [0.15, 0.2) is 36.7 Å². The van der Waals surface area contributed by atoms with Gasteiger partial charge < -0.3 is 19.5 Å². The van der Waals surface area contributed by atoms with Gasteiger partial charge in [-0.15, -0.1) is 0 Å². The van der Waals surface area contributed by atoms with Crippen molar-refractivity contribution < 1.29 is 4.74 Å². The van der Waals surface area contributed by atoms with Crippen molar-refractivity contribution in [3.8, 4) is 0 Å². The third-order valence-electron chi connectivity index (χ3n) is 3.10. The highest BCUT2D eigenvalue weighted by molar-refractivity contribution is 5.59. The van der Waals surface area contributed by atoms with E-state index in [9.17, 15) is 0 Å². The molecule has 0 bridgehead atoms. The fourth-order valence-electron chi connectivity index (χ4n) is 1.96. The summed E-state index contributed by atoms with van der Waals surface area (Å²) in [7, 11) is 5.79. The van der Waals surface area contributed by atoms with Crippen molar-refractivity contribution in [2.75, 3.05) is 38.0 Å². The van der Waals surface area contributed by atoms with E-state index in [1.165, 1.54) is 5.69 Å². The smallest absolute Gasteiger partial charge is 0.207 e. The molecule has 1 heterocycles. The van der Waals surface area contributed by atoms with Crippen LogP contribution in [0.2, 0.25) is 0 Å². The molecule has 0 fully saturated rings. The van der Waals surface area contributed by atoms with Gasteiger partial charge in [0.1, 0.15) is 0 Å². The zero-order valence-corrected chi connectivity index (χ0v) is 12.3. The van der Waals surface area contributed by atoms with Crippen molar-refractivity contribution in [2.45, 2.75) is 13.0 Å². The lowest BCUT2D eigenvalue weighted by Crippen LogP contribution is -2.08. The fourth-order valence-corrected chi connectivity index (χ4v) is 1.96. The van der Waals surface area contributed by atoms with E-state index in [4.69, 9.17) is 4.74 Å². The summed E-state index contributed by atoms with van der Waals surface area (Å²) in [6.07, 6.45) is 4.76. The maximum absolute atomic E-state index is 5.08. The summed E-state index contributed by atoms with van der Waals surface area (Å²) < 4.78 is 7.17. The summed E-state index contributed by atoms with van der Waals surface area (Å²) in [6.45, 7) is 1.65. The summed E-state index contributed by atoms with van der Waals surface area (Å²) in [6, 6.07) is 8.29. The number of rotatable bonds is 7. The molecule has 0 atom stereocenters. The number of aromatic nitrogens is 2. The zero-order chi connectivity index (χ0) is 14.4. The quantitative estimate of drug-likeness (QED) is 0.788. The number of anilines is 3. The van der Waals surface area contributed by atoms with Crippen LogP contribution in [0.4, 0.5) is 17.3 Å². The number of nitrogens with zero attached hydrogens (tertiary/aromatic N) is 3. The maximum atomic E-state index is 5.08. The summed E-state index contributed by atoms with van der Waals surface area (Å²) in [4.78, 5) is 6.43. The Kier molecular flexibility index (Phi) is 5.01. The molecule has 20 heavy (non-hydrogen) atoms. The average molecular weight is 274 g/mol. The number of benzene rings is 1. The molecular formula is C15H22N4O. The minimum absolute atomic E-state index is 0.759. The summed E-state index contributed by atoms with van der Waals surface area (Å²) in [5, 5.41) is 3.34. The van der Waals surface area contributed by atoms with Crippen molar-refractivity contribution in [1.82, 2.24) is 9.55 Å². The Morgan fingerprint density at radius 1 is 1.25 bits per heavy atom. The normalized spacial score (nSPS) is 10.6. The van der Waals surface area contributed by atoms with Crippen LogP contribution >= 0.6 is 0 Å². The van der Waals surface area contributed by atoms with Crippen molar-refractivity contribution >= 4 is 17.3 Å². The molecule has 0 aliphatic heterocycles. The van der Waals surface area contributed by atoms with Gasteiger partial charge in [-0.2, -0.15) is 0 Å². The third-order valence-corrected chi connectivity index (χ3v) is 3.10. The SMILES string of the molecule is COCCCn1ccnc1Nc1ccc(N(C)C)cc1. The standard InChI is InChI=1S/C15H22N4O/c1-18(2)14-7-5-13(6-8-14)17-15-16-9-11-19(15)10-4-12-20-3/h5-9,11H,4,10,12H2,1-3H3,(H,16,17). The molecule has 2 rings (SSSR count). The topological polar surface area (TPSA) is 42.3 Å². The van der Waals surface area contributed by atoms with E-state index in [0.717, 1.165) is 31.2 Å². The molecule has 0 unspecified atom stereocenters. The number of imidazole rings is 1. The van der Waals surface area contributed by atoms with Gasteiger partial charge in [-0.3, -0.25) is 0 Å². The Morgan fingerprint density at radius 3 is 2.65 bits per heavy atom. The molecular weight excluding hydrogens is 252 g/mol. The first-order chi connectivity index (χ1) is 9.70. The van der Waals surface area contributed by atoms with Gasteiger partial charge in [-0.05, 0) is 30.7 Å². The zero-order valence-electron chi connectivity index (χ0n) is 12.3. The number of aryl methyl sites for hydroxylation is 1. The highest BCUT2D eigenvalue weighted by atomic mass is 16.5. The van der Waals surface area contributed by atoms with E-state index in [1.807, 2.05) is 26.5 Å². The minimum atomic E-state index is 0.759. The molecule has 1 aromatic heterocycles. The molecule has 108 valence electrons. The van der Waals surface area contributed by atoms with Crippen LogP contribution in [0, 0.1) is 0 Å². The molecule has 0 aliphatic carbocycles. The highest BCUT2D eigenvalue weighted by Crippen LogP contribution is 2.19. The van der Waals surface area contributed by atoms with E-state index in [-0.39, 0.29) is 0 Å². The summed E-state index contributed by atoms with van der Waals surface area (Å²) in [5.74, 6) is 0.860. The molecule has 5 nitrogen and oxygen atoms in total. The van der Waals surface area contributed by atoms with Crippen molar-refractivity contribution in [1.29, 1.82) is 0 Å². The predicted octanol–water partition coefficient (Wildman–Crippen LogP) is 2.73. The van der Waals surface area contributed by atoms with Gasteiger partial charge in [-0.25, -0.2) is 4.98 Å². The fraction of sp³-hybridized carbons (Fsp3) is 0.400. The molecule has 0 amide bonds. The number of hydrogen-bond acceptors (Lipinski definition) is 4. The Labute approximate surface area is 120 Å². The van der Waals surface area contributed by atoms with Crippen LogP contribution < -0.4 is 10.2 Å². The van der Waals surface area contributed by atoms with Crippen molar-refractivity contribution in [2.24, 2.45) is 0 Å². The first kappa shape index (κ1) is 14.4. The van der Waals surface area contributed by atoms with Gasteiger partial charge in [0.15, 0.2) is 0 Å². The van der Waals surface area contributed by atoms with Crippen LogP contribution in [0.1, 0.15) is 6.42 Å². The van der Waals surface area contributed by atoms with Gasteiger partial charge in [0.2, 0.25) is 5.95 Å². The summed E-state index contributed by atoms with van der Waals surface area (Å²) >= 11 is 0. The van der Waals surface area contributed by atoms with Crippen molar-refractivity contribution in [3.05, 3.63) is 36.7 Å². The second kappa shape index (κ2) is 6.96. The second-order valence-corrected chi connectivity index (χ2v) is 4.86. The molecule has 0 saturated carbocycles. The predicted molar refractivity (Wildman–Crippen MR) is 82.8 cm³/mol. The van der Waals surface area contributed by atoms with Crippen LogP contribution in [0.25, 0.3) is 0 Å². The highest BCUT2D eigenvalue weighted by Gasteiger charge is 2.03. The monoisotopic (exact) mass is 274 g/mol. The largest absolute Gasteiger partial charge is 0.385 e. The number of ether oxygens (including phenoxy) is 1. The van der Waals surface area contributed by atoms with Crippen molar-refractivity contribution in [3.63, 3.8) is 0 Å². The number of hydrogen-bond donors (Lipinski definition) is 1. The number of methoxy groups -OCH3 is 1. The molecule has 0 aliphatic rings. The average Bonchev–Trinajstić information content (AvgIpc) is 2.87. The Balaban J connectivity index is 2.00. The maximum Gasteiger partial charge on any atom is 0.207 e. The van der Waals surface area contributed by atoms with Gasteiger partial charge >= 0.3 is 0 Å². The molecule has 2 aromatic rings. The van der Waals surface area contributed by atoms with E-state index in [2.05, 4.69) is 44.0 Å². The van der Waals surface area contributed by atoms with E-state index < -0.39 is 0 Å². The van der Waals surface area contributed by atoms with Gasteiger partial charge in [0, 0.05) is 58.1 Å². The van der Waals surface area contributed by atoms with E-state index in [1.54, 1.807) is 7.11 Å². The third kappa shape index (κ3) is 3.74. The summed E-state index contributed by atoms with van der Waals surface area (Å²) in [5.41, 5.74) is 2.22. The molecule has 5 heteroatoms. The Bertz CT molecular complexity index is 519. The molecule has 1 aromatic carbocycles. The van der Waals surface area contributed by atoms with Crippen LogP contribution in [0.5, 0.6) is 0 Å². The lowest BCUT2D eigenvalue weighted by atomic mass is 10.2. The lowest BCUT2D eigenvalue weighted by molar-refractivity contribution is 0.190. The van der Waals surface area contributed by atoms with Crippen LogP contribution in [-0.2, 0) is 11.3 Å². The second-order valence-electron chi connectivity index (χ2n) is 4.86. The van der Waals surface area contributed by atoms with E-state index in [0.29, 0.717) is 0 Å². The first-order valence-electron chi connectivity index (χ1n) is 6.75. The first-order valence-corrected chi connectivity index (χ1v) is 6.75. The molecule has 0 spiro atoms. The van der Waals surface area contributed by atoms with Crippen LogP contribution in [0.3, 0.4) is 0 Å². The van der Waals surface area contributed by atoms with Gasteiger partial charge in [0.05, 0.1) is 0 Å². The molecule has 1 N–H and O–H groups in total. The number of nitrogens with one attached hydrogen (secondary N) is 1. The van der Waals surface area contributed by atoms with E-state index >= 15 is 0 Å². The van der Waals surface area contributed by atoms with Crippen LogP contribution in [-0.4, -0.2) is 37.4 Å². The molecule has 0 radical (unpaired) electrons. The molecule has 0 saturated heterocycles.